The zero-order valence-electron chi connectivity index (χ0n) is 15.1. The SMILES string of the molecule is NC(=O)Cn1c(=O)n(Cc2ccc3c(c2)OCO3)c(=O)c2oc3ccccc3c21. The van der Waals surface area contributed by atoms with Gasteiger partial charge in [0.1, 0.15) is 17.6 Å². The van der Waals surface area contributed by atoms with Gasteiger partial charge in [0.25, 0.3) is 5.56 Å². The van der Waals surface area contributed by atoms with E-state index in [0.29, 0.717) is 28.0 Å². The fraction of sp³-hybridized carbons (Fsp3) is 0.150. The molecule has 2 aromatic heterocycles. The minimum absolute atomic E-state index is 0.00667. The summed E-state index contributed by atoms with van der Waals surface area (Å²) in [7, 11) is 0. The van der Waals surface area contributed by atoms with Gasteiger partial charge in [-0.15, -0.1) is 0 Å². The third-order valence-electron chi connectivity index (χ3n) is 4.83. The average molecular weight is 393 g/mol. The molecule has 2 aromatic carbocycles. The number of amides is 1. The molecule has 4 aromatic rings. The maximum absolute atomic E-state index is 13.1. The number of rotatable bonds is 4. The molecule has 1 aliphatic heterocycles. The van der Waals surface area contributed by atoms with Gasteiger partial charge < -0.3 is 19.6 Å². The molecule has 0 unspecified atom stereocenters. The molecule has 0 saturated carbocycles. The van der Waals surface area contributed by atoms with E-state index in [0.717, 1.165) is 4.57 Å². The first-order valence-corrected chi connectivity index (χ1v) is 8.84. The Labute approximate surface area is 162 Å². The molecule has 0 atom stereocenters. The van der Waals surface area contributed by atoms with Crippen LogP contribution < -0.4 is 26.5 Å². The molecule has 5 rings (SSSR count). The molecule has 3 heterocycles. The van der Waals surface area contributed by atoms with Gasteiger partial charge in [0.2, 0.25) is 18.3 Å². The minimum atomic E-state index is -0.702. The molecule has 2 N–H and O–H groups in total. The van der Waals surface area contributed by atoms with Crippen molar-refractivity contribution in [3.63, 3.8) is 0 Å². The smallest absolute Gasteiger partial charge is 0.332 e. The molecule has 9 nitrogen and oxygen atoms in total. The van der Waals surface area contributed by atoms with Crippen molar-refractivity contribution in [3.8, 4) is 11.5 Å². The van der Waals surface area contributed by atoms with Gasteiger partial charge in [-0.25, -0.2) is 4.79 Å². The number of para-hydroxylation sites is 1. The summed E-state index contributed by atoms with van der Waals surface area (Å²) >= 11 is 0. The molecule has 0 fully saturated rings. The van der Waals surface area contributed by atoms with E-state index in [-0.39, 0.29) is 31.0 Å². The second kappa shape index (κ2) is 6.26. The Balaban J connectivity index is 1.75. The van der Waals surface area contributed by atoms with E-state index in [1.165, 1.54) is 4.57 Å². The number of aromatic nitrogens is 2. The second-order valence-electron chi connectivity index (χ2n) is 6.69. The van der Waals surface area contributed by atoms with Gasteiger partial charge in [-0.2, -0.15) is 0 Å². The van der Waals surface area contributed by atoms with Crippen LogP contribution in [0, 0.1) is 0 Å². The first kappa shape index (κ1) is 17.1. The number of benzene rings is 2. The quantitative estimate of drug-likeness (QED) is 0.556. The normalized spacial score (nSPS) is 12.7. The topological polar surface area (TPSA) is 119 Å². The van der Waals surface area contributed by atoms with E-state index < -0.39 is 17.2 Å². The maximum atomic E-state index is 13.1. The largest absolute Gasteiger partial charge is 0.454 e. The lowest BCUT2D eigenvalue weighted by Crippen LogP contribution is -2.41. The zero-order valence-corrected chi connectivity index (χ0v) is 15.1. The fourth-order valence-corrected chi connectivity index (χ4v) is 3.56. The van der Waals surface area contributed by atoms with Gasteiger partial charge in [0.15, 0.2) is 11.5 Å². The monoisotopic (exact) mass is 393 g/mol. The maximum Gasteiger partial charge on any atom is 0.332 e. The minimum Gasteiger partial charge on any atom is -0.454 e. The Hall–Kier alpha value is -4.01. The second-order valence-corrected chi connectivity index (χ2v) is 6.69. The molecule has 29 heavy (non-hydrogen) atoms. The first-order chi connectivity index (χ1) is 14.0. The van der Waals surface area contributed by atoms with Crippen LogP contribution in [-0.2, 0) is 17.9 Å². The summed E-state index contributed by atoms with van der Waals surface area (Å²) in [4.78, 5) is 37.8. The van der Waals surface area contributed by atoms with E-state index in [9.17, 15) is 14.4 Å². The number of fused-ring (bicyclic) bond motifs is 4. The molecule has 1 aliphatic rings. The molecular weight excluding hydrogens is 378 g/mol. The van der Waals surface area contributed by atoms with E-state index in [1.807, 2.05) is 0 Å². The van der Waals surface area contributed by atoms with Gasteiger partial charge in [-0.05, 0) is 29.8 Å². The van der Waals surface area contributed by atoms with E-state index in [1.54, 1.807) is 42.5 Å². The van der Waals surface area contributed by atoms with Crippen LogP contribution >= 0.6 is 0 Å². The predicted octanol–water partition coefficient (Wildman–Crippen LogP) is 1.17. The number of nitrogens with zero attached hydrogens (tertiary/aromatic N) is 2. The molecule has 146 valence electrons. The lowest BCUT2D eigenvalue weighted by atomic mass is 10.2. The van der Waals surface area contributed by atoms with Crippen molar-refractivity contribution in [2.45, 2.75) is 13.1 Å². The van der Waals surface area contributed by atoms with Crippen LogP contribution in [0.25, 0.3) is 22.1 Å². The molecule has 1 amide bonds. The highest BCUT2D eigenvalue weighted by Gasteiger charge is 2.21. The molecule has 0 radical (unpaired) electrons. The van der Waals surface area contributed by atoms with Crippen molar-refractivity contribution in [3.05, 3.63) is 68.9 Å². The Morgan fingerprint density at radius 3 is 2.66 bits per heavy atom. The van der Waals surface area contributed by atoms with Crippen molar-refractivity contribution in [2.24, 2.45) is 5.73 Å². The standard InChI is InChI=1S/C20H15N3O6/c21-16(24)9-22-17-12-3-1-2-4-13(12)29-18(17)19(25)23(20(22)26)8-11-5-6-14-15(7-11)28-10-27-14/h1-7H,8-10H2,(H2,21,24). The summed E-state index contributed by atoms with van der Waals surface area (Å²) in [6.07, 6.45) is 0. The molecule has 0 saturated heterocycles. The number of primary amides is 1. The van der Waals surface area contributed by atoms with Crippen LogP contribution in [0.3, 0.4) is 0 Å². The molecular formula is C20H15N3O6. The van der Waals surface area contributed by atoms with Gasteiger partial charge in [0, 0.05) is 5.39 Å². The van der Waals surface area contributed by atoms with Crippen LogP contribution in [0.4, 0.5) is 0 Å². The Morgan fingerprint density at radius 1 is 1.03 bits per heavy atom. The highest BCUT2D eigenvalue weighted by Crippen LogP contribution is 2.32. The molecule has 9 heteroatoms. The van der Waals surface area contributed by atoms with E-state index >= 15 is 0 Å². The summed E-state index contributed by atoms with van der Waals surface area (Å²) < 4.78 is 18.6. The lowest BCUT2D eigenvalue weighted by molar-refractivity contribution is -0.118. The van der Waals surface area contributed by atoms with E-state index in [4.69, 9.17) is 19.6 Å². The highest BCUT2D eigenvalue weighted by molar-refractivity contribution is 6.02. The Morgan fingerprint density at radius 2 is 1.83 bits per heavy atom. The van der Waals surface area contributed by atoms with Crippen molar-refractivity contribution >= 4 is 28.0 Å². The summed E-state index contributed by atoms with van der Waals surface area (Å²) in [5.74, 6) is 0.435. The summed E-state index contributed by atoms with van der Waals surface area (Å²) in [5, 5.41) is 0.563. The van der Waals surface area contributed by atoms with Gasteiger partial charge >= 0.3 is 5.69 Å². The summed E-state index contributed by atoms with van der Waals surface area (Å²) in [5.41, 5.74) is 5.48. The number of hydrogen-bond acceptors (Lipinski definition) is 6. The van der Waals surface area contributed by atoms with Crippen molar-refractivity contribution in [2.75, 3.05) is 6.79 Å². The number of ether oxygens (including phenoxy) is 2. The Bertz CT molecular complexity index is 1410. The third kappa shape index (κ3) is 2.66. The third-order valence-corrected chi connectivity index (χ3v) is 4.83. The molecule has 0 spiro atoms. The highest BCUT2D eigenvalue weighted by atomic mass is 16.7. The van der Waals surface area contributed by atoms with Crippen molar-refractivity contribution in [1.82, 2.24) is 9.13 Å². The summed E-state index contributed by atoms with van der Waals surface area (Å²) in [6, 6.07) is 12.1. The average Bonchev–Trinajstić information content (AvgIpc) is 3.32. The van der Waals surface area contributed by atoms with Crippen LogP contribution in [0.15, 0.2) is 56.5 Å². The van der Waals surface area contributed by atoms with Gasteiger partial charge in [-0.3, -0.25) is 18.7 Å². The van der Waals surface area contributed by atoms with Crippen LogP contribution in [0.5, 0.6) is 11.5 Å². The van der Waals surface area contributed by atoms with Gasteiger partial charge in [0.05, 0.1) is 6.54 Å². The fourth-order valence-electron chi connectivity index (χ4n) is 3.56. The van der Waals surface area contributed by atoms with Crippen LogP contribution in [0.2, 0.25) is 0 Å². The summed E-state index contributed by atoms with van der Waals surface area (Å²) in [6.45, 7) is -0.282. The lowest BCUT2D eigenvalue weighted by Gasteiger charge is -2.11. The molecule has 0 bridgehead atoms. The number of nitrogens with two attached hydrogens (primary N) is 1. The first-order valence-electron chi connectivity index (χ1n) is 8.84. The van der Waals surface area contributed by atoms with Crippen molar-refractivity contribution in [1.29, 1.82) is 0 Å². The number of carbonyl (C=O) groups excluding carboxylic acids is 1. The Kier molecular flexibility index (Phi) is 3.70. The zero-order chi connectivity index (χ0) is 20.1. The van der Waals surface area contributed by atoms with Crippen LogP contribution in [0.1, 0.15) is 5.56 Å². The number of hydrogen-bond donors (Lipinski definition) is 1. The molecule has 0 aliphatic carbocycles. The number of furan rings is 1. The van der Waals surface area contributed by atoms with Gasteiger partial charge in [-0.1, -0.05) is 18.2 Å². The van der Waals surface area contributed by atoms with Crippen LogP contribution in [-0.4, -0.2) is 21.8 Å². The van der Waals surface area contributed by atoms with Crippen molar-refractivity contribution < 1.29 is 18.7 Å². The van der Waals surface area contributed by atoms with E-state index in [2.05, 4.69) is 0 Å². The predicted molar refractivity (Wildman–Crippen MR) is 103 cm³/mol. The number of carbonyl (C=O) groups is 1.